The molecule has 0 aliphatic carbocycles. The smallest absolute Gasteiger partial charge is 0.220 e. The molecule has 3 heteroatoms. The lowest BCUT2D eigenvalue weighted by Gasteiger charge is -2.18. The highest BCUT2D eigenvalue weighted by atomic mass is 32.2. The molecule has 1 aliphatic heterocycles. The van der Waals surface area contributed by atoms with Gasteiger partial charge in [-0.05, 0) is 11.8 Å². The Kier molecular flexibility index (Phi) is 4.36. The maximum absolute atomic E-state index is 11.2. The quantitative estimate of drug-likeness (QED) is 0.753. The first-order valence-electron chi connectivity index (χ1n) is 4.89. The lowest BCUT2D eigenvalue weighted by molar-refractivity contribution is -0.121. The van der Waals surface area contributed by atoms with E-state index < -0.39 is 0 Å². The fourth-order valence-electron chi connectivity index (χ4n) is 1.40. The van der Waals surface area contributed by atoms with Gasteiger partial charge in [0.1, 0.15) is 0 Å². The topological polar surface area (TPSA) is 29.1 Å². The minimum absolute atomic E-state index is 0.151. The van der Waals surface area contributed by atoms with Gasteiger partial charge in [-0.2, -0.15) is 0 Å². The molecule has 74 valence electrons. The molecule has 1 amide bonds. The third kappa shape index (κ3) is 3.07. The maximum atomic E-state index is 11.2. The highest BCUT2D eigenvalue weighted by Gasteiger charge is 2.23. The average Bonchev–Trinajstić information content (AvgIpc) is 2.54. The molecule has 0 aromatic rings. The van der Waals surface area contributed by atoms with Crippen LogP contribution in [0, 0.1) is 0 Å². The molecule has 0 fully saturated rings. The number of hydrogen-bond acceptors (Lipinski definition) is 2. The van der Waals surface area contributed by atoms with E-state index in [0.29, 0.717) is 11.7 Å². The molecule has 13 heavy (non-hydrogen) atoms. The molecule has 2 atom stereocenters. The Morgan fingerprint density at radius 2 is 2.31 bits per heavy atom. The van der Waals surface area contributed by atoms with Crippen molar-refractivity contribution < 1.29 is 4.79 Å². The van der Waals surface area contributed by atoms with Gasteiger partial charge in [0.25, 0.3) is 0 Å². The van der Waals surface area contributed by atoms with Crippen LogP contribution in [0.3, 0.4) is 0 Å². The second kappa shape index (κ2) is 5.32. The van der Waals surface area contributed by atoms with Crippen LogP contribution in [0.5, 0.6) is 0 Å². The predicted molar refractivity (Wildman–Crippen MR) is 57.6 cm³/mol. The summed E-state index contributed by atoms with van der Waals surface area (Å²) in [5.74, 6) is 0.151. The number of carbonyl (C=O) groups excluding carboxylic acids is 1. The van der Waals surface area contributed by atoms with E-state index in [9.17, 15) is 4.79 Å². The van der Waals surface area contributed by atoms with E-state index in [2.05, 4.69) is 23.7 Å². The SMILES string of the molecule is CCCC1SC=CC1NC(=O)CC. The van der Waals surface area contributed by atoms with Crippen LogP contribution in [0.2, 0.25) is 0 Å². The Balaban J connectivity index is 2.38. The third-order valence-electron chi connectivity index (χ3n) is 2.16. The molecule has 0 aromatic carbocycles. The van der Waals surface area contributed by atoms with Crippen molar-refractivity contribution in [1.82, 2.24) is 5.32 Å². The largest absolute Gasteiger partial charge is 0.349 e. The van der Waals surface area contributed by atoms with Crippen molar-refractivity contribution in [3.8, 4) is 0 Å². The van der Waals surface area contributed by atoms with Crippen LogP contribution >= 0.6 is 11.8 Å². The lowest BCUT2D eigenvalue weighted by atomic mass is 10.1. The second-order valence-electron chi connectivity index (χ2n) is 3.24. The molecular weight excluding hydrogens is 182 g/mol. The van der Waals surface area contributed by atoms with E-state index >= 15 is 0 Å². The summed E-state index contributed by atoms with van der Waals surface area (Å²) in [6, 6.07) is 0.261. The standard InChI is InChI=1S/C10H17NOS/c1-3-5-9-8(6-7-13-9)11-10(12)4-2/h6-9H,3-5H2,1-2H3,(H,11,12). The summed E-state index contributed by atoms with van der Waals surface area (Å²) in [5, 5.41) is 5.67. The number of thioether (sulfide) groups is 1. The number of rotatable bonds is 4. The van der Waals surface area contributed by atoms with E-state index in [-0.39, 0.29) is 11.9 Å². The minimum atomic E-state index is 0.151. The van der Waals surface area contributed by atoms with E-state index in [1.54, 1.807) is 0 Å². The van der Waals surface area contributed by atoms with Gasteiger partial charge in [0.15, 0.2) is 0 Å². The summed E-state index contributed by atoms with van der Waals surface area (Å²) >= 11 is 1.83. The molecule has 2 nitrogen and oxygen atoms in total. The molecule has 1 N–H and O–H groups in total. The second-order valence-corrected chi connectivity index (χ2v) is 4.39. The lowest BCUT2D eigenvalue weighted by Crippen LogP contribution is -2.38. The van der Waals surface area contributed by atoms with Crippen molar-refractivity contribution in [3.63, 3.8) is 0 Å². The zero-order valence-corrected chi connectivity index (χ0v) is 9.06. The zero-order chi connectivity index (χ0) is 9.68. The number of amides is 1. The van der Waals surface area contributed by atoms with Crippen molar-refractivity contribution in [2.75, 3.05) is 0 Å². The van der Waals surface area contributed by atoms with Crippen LogP contribution in [0.15, 0.2) is 11.5 Å². The first-order valence-corrected chi connectivity index (χ1v) is 5.83. The van der Waals surface area contributed by atoms with Crippen LogP contribution in [0.25, 0.3) is 0 Å². The van der Waals surface area contributed by atoms with Crippen molar-refractivity contribution in [2.45, 2.75) is 44.4 Å². The Bertz CT molecular complexity index is 203. The summed E-state index contributed by atoms with van der Waals surface area (Å²) < 4.78 is 0. The fourth-order valence-corrected chi connectivity index (χ4v) is 2.56. The molecule has 0 aromatic heterocycles. The maximum Gasteiger partial charge on any atom is 0.220 e. The fraction of sp³-hybridized carbons (Fsp3) is 0.700. The molecule has 2 unspecified atom stereocenters. The van der Waals surface area contributed by atoms with E-state index in [0.717, 1.165) is 0 Å². The van der Waals surface area contributed by atoms with Gasteiger partial charge in [0.05, 0.1) is 6.04 Å². The summed E-state index contributed by atoms with van der Waals surface area (Å²) in [6.45, 7) is 4.06. The van der Waals surface area contributed by atoms with Crippen LogP contribution in [0.4, 0.5) is 0 Å². The Labute approximate surface area is 84.2 Å². The van der Waals surface area contributed by atoms with Gasteiger partial charge in [0, 0.05) is 11.7 Å². The van der Waals surface area contributed by atoms with Crippen molar-refractivity contribution in [2.24, 2.45) is 0 Å². The molecule has 1 aliphatic rings. The van der Waals surface area contributed by atoms with Crippen LogP contribution in [-0.2, 0) is 4.79 Å². The molecule has 1 rings (SSSR count). The van der Waals surface area contributed by atoms with Crippen LogP contribution < -0.4 is 5.32 Å². The van der Waals surface area contributed by atoms with Gasteiger partial charge in [-0.15, -0.1) is 11.8 Å². The minimum Gasteiger partial charge on any atom is -0.349 e. The van der Waals surface area contributed by atoms with Crippen molar-refractivity contribution >= 4 is 17.7 Å². The summed E-state index contributed by atoms with van der Waals surface area (Å²) in [7, 11) is 0. The van der Waals surface area contributed by atoms with Crippen LogP contribution in [0.1, 0.15) is 33.1 Å². The Morgan fingerprint density at radius 3 is 2.92 bits per heavy atom. The van der Waals surface area contributed by atoms with Gasteiger partial charge < -0.3 is 5.32 Å². The van der Waals surface area contributed by atoms with Crippen LogP contribution in [-0.4, -0.2) is 17.2 Å². The molecule has 0 radical (unpaired) electrons. The number of hydrogen-bond donors (Lipinski definition) is 1. The summed E-state index contributed by atoms with van der Waals surface area (Å²) in [6.07, 6.45) is 5.02. The highest BCUT2D eigenvalue weighted by molar-refractivity contribution is 8.03. The predicted octanol–water partition coefficient (Wildman–Crippen LogP) is 2.31. The molecule has 0 bridgehead atoms. The molecule has 0 spiro atoms. The van der Waals surface area contributed by atoms with Gasteiger partial charge in [-0.1, -0.05) is 26.3 Å². The summed E-state index contributed by atoms with van der Waals surface area (Å²) in [4.78, 5) is 11.2. The van der Waals surface area contributed by atoms with Gasteiger partial charge in [0.2, 0.25) is 5.91 Å². The third-order valence-corrected chi connectivity index (χ3v) is 3.35. The molecular formula is C10H17NOS. The van der Waals surface area contributed by atoms with E-state index in [4.69, 9.17) is 0 Å². The summed E-state index contributed by atoms with van der Waals surface area (Å²) in [5.41, 5.74) is 0. The van der Waals surface area contributed by atoms with Gasteiger partial charge in [-0.25, -0.2) is 0 Å². The zero-order valence-electron chi connectivity index (χ0n) is 8.25. The van der Waals surface area contributed by atoms with Crippen molar-refractivity contribution in [1.29, 1.82) is 0 Å². The molecule has 0 saturated heterocycles. The Morgan fingerprint density at radius 1 is 1.54 bits per heavy atom. The van der Waals surface area contributed by atoms with Gasteiger partial charge in [-0.3, -0.25) is 4.79 Å². The first-order chi connectivity index (χ1) is 6.27. The number of carbonyl (C=O) groups is 1. The molecule has 0 saturated carbocycles. The van der Waals surface area contributed by atoms with Gasteiger partial charge >= 0.3 is 0 Å². The van der Waals surface area contributed by atoms with E-state index in [1.165, 1.54) is 12.8 Å². The number of nitrogens with one attached hydrogen (secondary N) is 1. The average molecular weight is 199 g/mol. The van der Waals surface area contributed by atoms with E-state index in [1.807, 2.05) is 18.7 Å². The monoisotopic (exact) mass is 199 g/mol. The Hall–Kier alpha value is -0.440. The van der Waals surface area contributed by atoms with Crippen molar-refractivity contribution in [3.05, 3.63) is 11.5 Å². The normalized spacial score (nSPS) is 26.3. The molecule has 1 heterocycles. The first kappa shape index (κ1) is 10.6. The highest BCUT2D eigenvalue weighted by Crippen LogP contribution is 2.28.